The molecule has 3 aromatic carbocycles. The number of sulfonamides is 1. The number of likely N-dealkylation sites (tertiary alicyclic amines) is 1. The van der Waals surface area contributed by atoms with Crippen molar-refractivity contribution < 1.29 is 32.5 Å². The van der Waals surface area contributed by atoms with E-state index in [1.807, 2.05) is 50.2 Å². The van der Waals surface area contributed by atoms with Crippen LogP contribution in [0.1, 0.15) is 50.7 Å². The molecule has 1 aromatic heterocycles. The summed E-state index contributed by atoms with van der Waals surface area (Å²) in [7, 11) is -3.99. The molecular formula is C40H51N5O7S2. The molecule has 0 spiro atoms. The zero-order chi connectivity index (χ0) is 37.7. The van der Waals surface area contributed by atoms with Gasteiger partial charge in [0.15, 0.2) is 11.4 Å². The van der Waals surface area contributed by atoms with Gasteiger partial charge in [-0.15, -0.1) is 0 Å². The summed E-state index contributed by atoms with van der Waals surface area (Å²) < 4.78 is 47.7. The van der Waals surface area contributed by atoms with Crippen LogP contribution in [0.3, 0.4) is 0 Å². The minimum atomic E-state index is -3.99. The Labute approximate surface area is 321 Å². The van der Waals surface area contributed by atoms with Gasteiger partial charge in [-0.25, -0.2) is 18.2 Å². The summed E-state index contributed by atoms with van der Waals surface area (Å²) in [4.78, 5) is 20.7. The lowest BCUT2D eigenvalue weighted by atomic mass is 9.99. The number of aromatic nitrogens is 1. The lowest BCUT2D eigenvalue weighted by molar-refractivity contribution is -0.0907. The van der Waals surface area contributed by atoms with Crippen LogP contribution in [-0.2, 0) is 37.2 Å². The molecule has 0 aliphatic carbocycles. The molecule has 3 aliphatic heterocycles. The van der Waals surface area contributed by atoms with Gasteiger partial charge in [-0.1, -0.05) is 85.8 Å². The number of aliphatic hydroxyl groups is 1. The molecule has 3 N–H and O–H groups in total. The van der Waals surface area contributed by atoms with E-state index < -0.39 is 27.9 Å². The van der Waals surface area contributed by atoms with Crippen LogP contribution in [0.5, 0.6) is 0 Å². The molecular weight excluding hydrogens is 727 g/mol. The number of hydrogen-bond acceptors (Lipinski definition) is 11. The Morgan fingerprint density at radius 1 is 1.04 bits per heavy atom. The van der Waals surface area contributed by atoms with Crippen molar-refractivity contribution in [2.75, 3.05) is 44.7 Å². The number of carbonyl (C=O) groups excluding carboxylic acids is 1. The molecule has 3 fully saturated rings. The predicted molar refractivity (Wildman–Crippen MR) is 208 cm³/mol. The van der Waals surface area contributed by atoms with Crippen LogP contribution >= 0.6 is 11.3 Å². The van der Waals surface area contributed by atoms with E-state index in [2.05, 4.69) is 39.8 Å². The molecule has 4 atom stereocenters. The number of benzene rings is 3. The third-order valence-corrected chi connectivity index (χ3v) is 13.2. The Morgan fingerprint density at radius 2 is 1.76 bits per heavy atom. The fourth-order valence-corrected chi connectivity index (χ4v) is 10.3. The Morgan fingerprint density at radius 3 is 2.48 bits per heavy atom. The van der Waals surface area contributed by atoms with Crippen molar-refractivity contribution in [2.24, 2.45) is 11.8 Å². The molecule has 0 radical (unpaired) electrons. The van der Waals surface area contributed by atoms with Crippen molar-refractivity contribution in [1.29, 1.82) is 0 Å². The number of rotatable bonds is 15. The van der Waals surface area contributed by atoms with E-state index in [-0.39, 0.29) is 55.6 Å². The molecule has 1 amide bonds. The average Bonchev–Trinajstić information content (AvgIpc) is 3.88. The molecule has 4 unspecified atom stereocenters. The number of ether oxygens (including phenoxy) is 3. The SMILES string of the molecule is CC(C)CN(CCC(O)(Cc1ccccc1)NC(=O)OC1COC2OCCC12)S(=O)(=O)c1ccc2nc(NC3CCN(Cc4ccccc4)CC3)sc2c1. The second-order valence-electron chi connectivity index (χ2n) is 15.1. The molecule has 0 bridgehead atoms. The van der Waals surface area contributed by atoms with E-state index in [9.17, 15) is 18.3 Å². The van der Waals surface area contributed by atoms with Crippen molar-refractivity contribution in [3.05, 3.63) is 90.0 Å². The van der Waals surface area contributed by atoms with Crippen LogP contribution in [0.25, 0.3) is 10.2 Å². The van der Waals surface area contributed by atoms with Crippen LogP contribution in [-0.4, -0.2) is 97.4 Å². The molecule has 12 nitrogen and oxygen atoms in total. The highest BCUT2D eigenvalue weighted by Crippen LogP contribution is 2.34. The Bertz CT molecular complexity index is 1960. The lowest BCUT2D eigenvalue weighted by Gasteiger charge is -2.33. The Balaban J connectivity index is 1.02. The molecule has 14 heteroatoms. The average molecular weight is 778 g/mol. The third-order valence-electron chi connectivity index (χ3n) is 10.4. The van der Waals surface area contributed by atoms with Gasteiger partial charge in [-0.2, -0.15) is 4.31 Å². The van der Waals surface area contributed by atoms with Crippen LogP contribution in [0.4, 0.5) is 9.93 Å². The van der Waals surface area contributed by atoms with E-state index >= 15 is 0 Å². The first-order chi connectivity index (χ1) is 26.0. The largest absolute Gasteiger partial charge is 0.443 e. The predicted octanol–water partition coefficient (Wildman–Crippen LogP) is 5.83. The molecule has 290 valence electrons. The van der Waals surface area contributed by atoms with Crippen LogP contribution in [0, 0.1) is 11.8 Å². The van der Waals surface area contributed by atoms with Gasteiger partial charge in [0.05, 0.1) is 34.2 Å². The summed E-state index contributed by atoms with van der Waals surface area (Å²) in [5, 5.41) is 19.0. The van der Waals surface area contributed by atoms with E-state index in [4.69, 9.17) is 19.2 Å². The maximum atomic E-state index is 14.3. The molecule has 3 aliphatic rings. The number of piperidine rings is 1. The van der Waals surface area contributed by atoms with Crippen molar-refractivity contribution >= 4 is 42.8 Å². The van der Waals surface area contributed by atoms with Crippen molar-refractivity contribution in [2.45, 2.75) is 81.6 Å². The molecule has 54 heavy (non-hydrogen) atoms. The minimum absolute atomic E-state index is 0.00547. The number of carbonyl (C=O) groups is 1. The topological polar surface area (TPSA) is 143 Å². The molecule has 4 aromatic rings. The van der Waals surface area contributed by atoms with Gasteiger partial charge >= 0.3 is 6.09 Å². The van der Waals surface area contributed by atoms with E-state index in [0.717, 1.165) is 59.8 Å². The fraction of sp³-hybridized carbons (Fsp3) is 0.500. The van der Waals surface area contributed by atoms with Gasteiger partial charge in [-0.3, -0.25) is 10.2 Å². The number of nitrogens with zero attached hydrogens (tertiary/aromatic N) is 3. The highest BCUT2D eigenvalue weighted by Gasteiger charge is 2.44. The van der Waals surface area contributed by atoms with E-state index in [1.165, 1.54) is 21.2 Å². The number of alkyl carbamates (subject to hydrolysis) is 1. The molecule has 0 saturated carbocycles. The number of anilines is 1. The first kappa shape index (κ1) is 38.6. The number of amides is 1. The first-order valence-electron chi connectivity index (χ1n) is 18.9. The van der Waals surface area contributed by atoms with E-state index in [0.29, 0.717) is 12.6 Å². The Hall–Kier alpha value is -3.63. The zero-order valence-corrected chi connectivity index (χ0v) is 32.6. The summed E-state index contributed by atoms with van der Waals surface area (Å²) in [5.74, 6) is -0.0540. The smallest absolute Gasteiger partial charge is 0.409 e. The highest BCUT2D eigenvalue weighted by molar-refractivity contribution is 7.89. The van der Waals surface area contributed by atoms with Gasteiger partial charge in [0.25, 0.3) is 0 Å². The third kappa shape index (κ3) is 9.59. The van der Waals surface area contributed by atoms with Gasteiger partial charge in [-0.05, 0) is 54.5 Å². The van der Waals surface area contributed by atoms with Gasteiger partial charge in [0.2, 0.25) is 10.0 Å². The maximum Gasteiger partial charge on any atom is 0.409 e. The lowest BCUT2D eigenvalue weighted by Crippen LogP contribution is -2.53. The van der Waals surface area contributed by atoms with Crippen LogP contribution < -0.4 is 10.6 Å². The minimum Gasteiger partial charge on any atom is -0.443 e. The number of thiazole rings is 1. The Kier molecular flexibility index (Phi) is 12.2. The first-order valence-corrected chi connectivity index (χ1v) is 21.2. The maximum absolute atomic E-state index is 14.3. The van der Waals surface area contributed by atoms with Crippen molar-refractivity contribution in [1.82, 2.24) is 19.5 Å². The number of hydrogen-bond donors (Lipinski definition) is 3. The summed E-state index contributed by atoms with van der Waals surface area (Å²) in [5.41, 5.74) is 1.04. The summed E-state index contributed by atoms with van der Waals surface area (Å²) >= 11 is 1.46. The van der Waals surface area contributed by atoms with Gasteiger partial charge < -0.3 is 24.6 Å². The monoisotopic (exact) mass is 777 g/mol. The summed E-state index contributed by atoms with van der Waals surface area (Å²) in [6, 6.07) is 25.2. The summed E-state index contributed by atoms with van der Waals surface area (Å²) in [6.45, 7) is 7.79. The van der Waals surface area contributed by atoms with Gasteiger partial charge in [0, 0.05) is 51.6 Å². The molecule has 4 heterocycles. The molecule has 3 saturated heterocycles. The number of fused-ring (bicyclic) bond motifs is 2. The van der Waals surface area contributed by atoms with Crippen molar-refractivity contribution in [3.8, 4) is 0 Å². The fourth-order valence-electron chi connectivity index (χ4n) is 7.59. The second kappa shape index (κ2) is 17.0. The van der Waals surface area contributed by atoms with Crippen LogP contribution in [0.15, 0.2) is 83.8 Å². The molecule has 7 rings (SSSR count). The summed E-state index contributed by atoms with van der Waals surface area (Å²) in [6.07, 6.45) is 1.04. The zero-order valence-electron chi connectivity index (χ0n) is 30.9. The van der Waals surface area contributed by atoms with Gasteiger partial charge in [0.1, 0.15) is 11.8 Å². The quantitative estimate of drug-likeness (QED) is 0.126. The second-order valence-corrected chi connectivity index (χ2v) is 18.1. The highest BCUT2D eigenvalue weighted by atomic mass is 32.2. The van der Waals surface area contributed by atoms with Crippen LogP contribution in [0.2, 0.25) is 0 Å². The number of nitrogens with one attached hydrogen (secondary N) is 2. The van der Waals surface area contributed by atoms with E-state index in [1.54, 1.807) is 18.2 Å². The van der Waals surface area contributed by atoms with Crippen molar-refractivity contribution in [3.63, 3.8) is 0 Å². The normalized spacial score (nSPS) is 22.1. The standard InChI is InChI=1S/C40H51N5O7S2/c1-28(2)25-45(21-18-40(47,24-29-9-5-3-6-10-29)43-39(46)52-35-27-51-37-33(35)17-22-50-37)54(48,49)32-13-14-34-36(23-32)53-38(42-34)41-31-15-19-44(20-16-31)26-30-11-7-4-8-12-30/h3-14,23,28,31,33,35,37,47H,15-22,24-27H2,1-2H3,(H,41,42)(H,43,46).